The molecular weight excluding hydrogens is 188 g/mol. The predicted octanol–water partition coefficient (Wildman–Crippen LogP) is 3.52. The standard InChI is InChI=1S/C13H24O2/c1-4-5-6-7-8-9-14-10-13-11(2)12(3)15-13/h11,13H,3-10H2,1-2H3/t11-,13+/m0/s1. The zero-order valence-electron chi connectivity index (χ0n) is 10.1. The number of ether oxygens (including phenoxy) is 2. The Morgan fingerprint density at radius 1 is 1.27 bits per heavy atom. The fraction of sp³-hybridized carbons (Fsp3) is 0.846. The minimum Gasteiger partial charge on any atom is -0.492 e. The van der Waals surface area contributed by atoms with Gasteiger partial charge in [0.15, 0.2) is 0 Å². The molecule has 1 rings (SSSR count). The van der Waals surface area contributed by atoms with Crippen molar-refractivity contribution in [1.82, 2.24) is 0 Å². The van der Waals surface area contributed by atoms with E-state index in [1.165, 1.54) is 32.1 Å². The monoisotopic (exact) mass is 212 g/mol. The lowest BCUT2D eigenvalue weighted by Gasteiger charge is -2.36. The van der Waals surface area contributed by atoms with Gasteiger partial charge in [0.2, 0.25) is 0 Å². The summed E-state index contributed by atoms with van der Waals surface area (Å²) >= 11 is 0. The van der Waals surface area contributed by atoms with Gasteiger partial charge in [-0.05, 0) is 6.42 Å². The van der Waals surface area contributed by atoms with Crippen molar-refractivity contribution >= 4 is 0 Å². The first-order valence-electron chi connectivity index (χ1n) is 6.19. The van der Waals surface area contributed by atoms with Crippen LogP contribution in [-0.4, -0.2) is 19.3 Å². The van der Waals surface area contributed by atoms with Crippen molar-refractivity contribution < 1.29 is 9.47 Å². The summed E-state index contributed by atoms with van der Waals surface area (Å²) in [5.41, 5.74) is 0. The highest BCUT2D eigenvalue weighted by Gasteiger charge is 2.32. The summed E-state index contributed by atoms with van der Waals surface area (Å²) in [5.74, 6) is 1.39. The van der Waals surface area contributed by atoms with Crippen LogP contribution in [0.1, 0.15) is 46.0 Å². The predicted molar refractivity (Wildman–Crippen MR) is 62.8 cm³/mol. The van der Waals surface area contributed by atoms with E-state index in [-0.39, 0.29) is 6.10 Å². The molecule has 2 heteroatoms. The molecule has 88 valence electrons. The summed E-state index contributed by atoms with van der Waals surface area (Å²) in [7, 11) is 0. The lowest BCUT2D eigenvalue weighted by Crippen LogP contribution is -2.38. The minimum atomic E-state index is 0.258. The molecule has 2 nitrogen and oxygen atoms in total. The van der Waals surface area contributed by atoms with Crippen LogP contribution in [0.3, 0.4) is 0 Å². The summed E-state index contributed by atoms with van der Waals surface area (Å²) in [4.78, 5) is 0. The molecular formula is C13H24O2. The molecule has 0 spiro atoms. The molecule has 0 aromatic rings. The second-order valence-electron chi connectivity index (χ2n) is 4.40. The molecule has 0 unspecified atom stereocenters. The third-order valence-electron chi connectivity index (χ3n) is 3.04. The van der Waals surface area contributed by atoms with Crippen LogP contribution in [0.4, 0.5) is 0 Å². The molecule has 1 heterocycles. The number of hydrogen-bond acceptors (Lipinski definition) is 2. The molecule has 15 heavy (non-hydrogen) atoms. The lowest BCUT2D eigenvalue weighted by atomic mass is 9.98. The smallest absolute Gasteiger partial charge is 0.131 e. The highest BCUT2D eigenvalue weighted by Crippen LogP contribution is 2.30. The SMILES string of the molecule is C=C1O[C@H](COCCCCCCC)[C@H]1C. The van der Waals surface area contributed by atoms with Crippen LogP contribution in [0.5, 0.6) is 0 Å². The first-order chi connectivity index (χ1) is 7.25. The van der Waals surface area contributed by atoms with E-state index in [0.29, 0.717) is 5.92 Å². The van der Waals surface area contributed by atoms with Gasteiger partial charge in [0, 0.05) is 6.61 Å². The molecule has 1 aliphatic heterocycles. The number of hydrogen-bond donors (Lipinski definition) is 0. The molecule has 0 saturated carbocycles. The van der Waals surface area contributed by atoms with E-state index >= 15 is 0 Å². The Morgan fingerprint density at radius 3 is 2.60 bits per heavy atom. The van der Waals surface area contributed by atoms with Gasteiger partial charge >= 0.3 is 0 Å². The maximum absolute atomic E-state index is 5.57. The fourth-order valence-corrected chi connectivity index (χ4v) is 1.72. The summed E-state index contributed by atoms with van der Waals surface area (Å²) in [6, 6.07) is 0. The van der Waals surface area contributed by atoms with E-state index in [0.717, 1.165) is 19.0 Å². The molecule has 0 N–H and O–H groups in total. The van der Waals surface area contributed by atoms with Gasteiger partial charge in [0.25, 0.3) is 0 Å². The summed E-state index contributed by atoms with van der Waals surface area (Å²) in [5, 5.41) is 0. The van der Waals surface area contributed by atoms with Gasteiger partial charge < -0.3 is 9.47 Å². The van der Waals surface area contributed by atoms with Crippen LogP contribution < -0.4 is 0 Å². The Labute approximate surface area is 93.7 Å². The molecule has 2 atom stereocenters. The van der Waals surface area contributed by atoms with E-state index in [1.807, 2.05) is 0 Å². The topological polar surface area (TPSA) is 18.5 Å². The lowest BCUT2D eigenvalue weighted by molar-refractivity contribution is -0.0831. The van der Waals surface area contributed by atoms with Crippen molar-refractivity contribution in [2.75, 3.05) is 13.2 Å². The van der Waals surface area contributed by atoms with Crippen molar-refractivity contribution in [3.8, 4) is 0 Å². The molecule has 0 amide bonds. The third kappa shape index (κ3) is 4.25. The minimum absolute atomic E-state index is 0.258. The van der Waals surface area contributed by atoms with E-state index < -0.39 is 0 Å². The van der Waals surface area contributed by atoms with Crippen molar-refractivity contribution in [3.05, 3.63) is 12.3 Å². The van der Waals surface area contributed by atoms with E-state index in [9.17, 15) is 0 Å². The van der Waals surface area contributed by atoms with Crippen molar-refractivity contribution in [2.24, 2.45) is 5.92 Å². The first-order valence-corrected chi connectivity index (χ1v) is 6.19. The highest BCUT2D eigenvalue weighted by molar-refractivity contribution is 5.03. The molecule has 0 aromatic carbocycles. The molecule has 0 bridgehead atoms. The Bertz CT molecular complexity index is 189. The number of rotatable bonds is 8. The summed E-state index contributed by atoms with van der Waals surface area (Å²) < 4.78 is 10.9. The van der Waals surface area contributed by atoms with E-state index in [1.54, 1.807) is 0 Å². The Hall–Kier alpha value is -0.500. The highest BCUT2D eigenvalue weighted by atomic mass is 16.6. The second-order valence-corrected chi connectivity index (χ2v) is 4.40. The van der Waals surface area contributed by atoms with Crippen molar-refractivity contribution in [1.29, 1.82) is 0 Å². The fourth-order valence-electron chi connectivity index (χ4n) is 1.72. The second kappa shape index (κ2) is 6.89. The van der Waals surface area contributed by atoms with Gasteiger partial charge in [-0.1, -0.05) is 46.1 Å². The normalized spacial score (nSPS) is 24.8. The van der Waals surface area contributed by atoms with Crippen LogP contribution >= 0.6 is 0 Å². The van der Waals surface area contributed by atoms with Crippen LogP contribution in [0.15, 0.2) is 12.3 Å². The molecule has 0 aromatic heterocycles. The molecule has 1 aliphatic rings. The van der Waals surface area contributed by atoms with Gasteiger partial charge in [-0.25, -0.2) is 0 Å². The van der Waals surface area contributed by atoms with E-state index in [2.05, 4.69) is 20.4 Å². The Morgan fingerprint density at radius 2 is 2.00 bits per heavy atom. The van der Waals surface area contributed by atoms with Gasteiger partial charge in [-0.3, -0.25) is 0 Å². The largest absolute Gasteiger partial charge is 0.492 e. The van der Waals surface area contributed by atoms with Crippen LogP contribution in [0, 0.1) is 5.92 Å². The quantitative estimate of drug-likeness (QED) is 0.573. The molecule has 0 radical (unpaired) electrons. The average Bonchev–Trinajstić information content (AvgIpc) is 2.26. The number of unbranched alkanes of at least 4 members (excludes halogenated alkanes) is 4. The first kappa shape index (κ1) is 12.6. The van der Waals surface area contributed by atoms with E-state index in [4.69, 9.17) is 9.47 Å². The van der Waals surface area contributed by atoms with Crippen LogP contribution in [0.2, 0.25) is 0 Å². The average molecular weight is 212 g/mol. The van der Waals surface area contributed by atoms with Gasteiger partial charge in [-0.15, -0.1) is 0 Å². The third-order valence-corrected chi connectivity index (χ3v) is 3.04. The van der Waals surface area contributed by atoms with Crippen molar-refractivity contribution in [3.63, 3.8) is 0 Å². The molecule has 1 saturated heterocycles. The summed E-state index contributed by atoms with van der Waals surface area (Å²) in [6.45, 7) is 9.77. The zero-order chi connectivity index (χ0) is 11.1. The Kier molecular flexibility index (Phi) is 5.77. The zero-order valence-corrected chi connectivity index (χ0v) is 10.1. The van der Waals surface area contributed by atoms with Gasteiger partial charge in [0.05, 0.1) is 18.3 Å². The summed E-state index contributed by atoms with van der Waals surface area (Å²) in [6.07, 6.45) is 6.73. The Balaban J connectivity index is 1.83. The van der Waals surface area contributed by atoms with Crippen LogP contribution in [-0.2, 0) is 9.47 Å². The van der Waals surface area contributed by atoms with Gasteiger partial charge in [-0.2, -0.15) is 0 Å². The van der Waals surface area contributed by atoms with Crippen molar-refractivity contribution in [2.45, 2.75) is 52.1 Å². The van der Waals surface area contributed by atoms with Crippen LogP contribution in [0.25, 0.3) is 0 Å². The van der Waals surface area contributed by atoms with Gasteiger partial charge in [0.1, 0.15) is 6.10 Å². The maximum Gasteiger partial charge on any atom is 0.131 e. The molecule has 1 fully saturated rings. The maximum atomic E-state index is 5.57. The molecule has 0 aliphatic carbocycles.